The van der Waals surface area contributed by atoms with Gasteiger partial charge in [0, 0.05) is 0 Å². The van der Waals surface area contributed by atoms with E-state index in [9.17, 15) is 0 Å². The van der Waals surface area contributed by atoms with Gasteiger partial charge in [-0.2, -0.15) is 0 Å². The van der Waals surface area contributed by atoms with Crippen LogP contribution in [0.1, 0.15) is 0 Å². The standard InChI is InChI=1S/C4H11NO3.N3/c5-4(1-6,2-7)3-8;1-3-2/h6-8H,1-3,5H2;/q;-1. The van der Waals surface area contributed by atoms with Gasteiger partial charge in [0.05, 0.1) is 25.4 Å². The predicted molar refractivity (Wildman–Crippen MR) is 38.3 cm³/mol. The van der Waals surface area contributed by atoms with E-state index >= 15 is 0 Å². The summed E-state index contributed by atoms with van der Waals surface area (Å²) >= 11 is 0. The zero-order chi connectivity index (χ0) is 9.33. The van der Waals surface area contributed by atoms with Crippen LogP contribution in [0.5, 0.6) is 0 Å². The molecule has 0 radical (unpaired) electrons. The van der Waals surface area contributed by atoms with Crippen molar-refractivity contribution in [2.24, 2.45) is 5.73 Å². The maximum Gasteiger partial charge on any atom is 0.0856 e. The summed E-state index contributed by atoms with van der Waals surface area (Å²) in [6, 6.07) is 0. The van der Waals surface area contributed by atoms with E-state index in [1.54, 1.807) is 0 Å². The molecule has 66 valence electrons. The second-order valence-electron chi connectivity index (χ2n) is 1.93. The lowest BCUT2D eigenvalue weighted by molar-refractivity contribution is 0.0698. The van der Waals surface area contributed by atoms with Crippen molar-refractivity contribution in [1.82, 2.24) is 0 Å². The molecule has 0 rings (SSSR count). The number of nitrogens with zero attached hydrogens (tertiary/aromatic N) is 3. The van der Waals surface area contributed by atoms with Crippen LogP contribution >= 0.6 is 0 Å². The van der Waals surface area contributed by atoms with Gasteiger partial charge < -0.3 is 32.1 Å². The average Bonchev–Trinajstić information content (AvgIpc) is 2.05. The molecule has 0 aliphatic rings. The summed E-state index contributed by atoms with van der Waals surface area (Å²) in [7, 11) is 0. The van der Waals surface area contributed by atoms with E-state index in [-0.39, 0.29) is 0 Å². The Kier molecular flexibility index (Phi) is 8.44. The summed E-state index contributed by atoms with van der Waals surface area (Å²) < 4.78 is 0. The van der Waals surface area contributed by atoms with Crippen LogP contribution < -0.4 is 5.73 Å². The first kappa shape index (κ1) is 12.8. The summed E-state index contributed by atoms with van der Waals surface area (Å²) in [5, 5.41) is 25.0. The van der Waals surface area contributed by atoms with Gasteiger partial charge in [0.25, 0.3) is 0 Å². The molecule has 0 saturated heterocycles. The molecule has 0 aliphatic carbocycles. The quantitative estimate of drug-likeness (QED) is 0.228. The SMILES string of the molecule is NC(CO)(CO)CO.[N-]=[N+]=[N-]. The van der Waals surface area contributed by atoms with Gasteiger partial charge in [0.2, 0.25) is 0 Å². The first-order chi connectivity index (χ1) is 5.10. The molecule has 0 bridgehead atoms. The van der Waals surface area contributed by atoms with Crippen LogP contribution in [0.15, 0.2) is 0 Å². The molecule has 0 aromatic carbocycles. The van der Waals surface area contributed by atoms with Crippen molar-refractivity contribution in [2.75, 3.05) is 19.8 Å². The Bertz CT molecular complexity index is 110. The summed E-state index contributed by atoms with van der Waals surface area (Å²) in [4.78, 5) is 1.50. The van der Waals surface area contributed by atoms with Crippen molar-refractivity contribution < 1.29 is 15.3 Å². The van der Waals surface area contributed by atoms with E-state index in [1.807, 2.05) is 0 Å². The van der Waals surface area contributed by atoms with Crippen LogP contribution in [-0.2, 0) is 0 Å². The van der Waals surface area contributed by atoms with Crippen molar-refractivity contribution >= 4 is 0 Å². The first-order valence-corrected chi connectivity index (χ1v) is 2.70. The Hall–Kier alpha value is -0.850. The Morgan fingerprint density at radius 2 is 1.27 bits per heavy atom. The van der Waals surface area contributed by atoms with Crippen LogP contribution in [0.2, 0.25) is 0 Å². The number of aliphatic hydroxyl groups is 3. The van der Waals surface area contributed by atoms with E-state index in [0.717, 1.165) is 0 Å². The molecule has 7 nitrogen and oxygen atoms in total. The van der Waals surface area contributed by atoms with Crippen molar-refractivity contribution in [2.45, 2.75) is 5.54 Å². The summed E-state index contributed by atoms with van der Waals surface area (Å²) in [5.41, 5.74) is 17.4. The van der Waals surface area contributed by atoms with Crippen LogP contribution in [-0.4, -0.2) is 40.7 Å². The second-order valence-corrected chi connectivity index (χ2v) is 1.93. The van der Waals surface area contributed by atoms with E-state index < -0.39 is 25.4 Å². The number of rotatable bonds is 3. The average molecular weight is 163 g/mol. The van der Waals surface area contributed by atoms with E-state index in [2.05, 4.69) is 0 Å². The third-order valence-corrected chi connectivity index (χ3v) is 0.945. The minimum absolute atomic E-state index is 0.403. The third-order valence-electron chi connectivity index (χ3n) is 0.945. The van der Waals surface area contributed by atoms with Gasteiger partial charge >= 0.3 is 0 Å². The number of aliphatic hydroxyl groups excluding tert-OH is 3. The largest absolute Gasteiger partial charge is 0.394 e. The molecule has 11 heavy (non-hydrogen) atoms. The van der Waals surface area contributed by atoms with Crippen LogP contribution in [0.4, 0.5) is 0 Å². The fraction of sp³-hybridized carbons (Fsp3) is 1.00. The van der Waals surface area contributed by atoms with Crippen molar-refractivity contribution in [1.29, 1.82) is 0 Å². The highest BCUT2D eigenvalue weighted by Gasteiger charge is 2.20. The maximum absolute atomic E-state index is 8.34. The lowest BCUT2D eigenvalue weighted by Gasteiger charge is -2.20. The highest BCUT2D eigenvalue weighted by Crippen LogP contribution is 1.93. The van der Waals surface area contributed by atoms with Gasteiger partial charge in [-0.15, -0.1) is 0 Å². The highest BCUT2D eigenvalue weighted by atomic mass is 16.3. The topological polar surface area (TPSA) is 145 Å². The molecule has 5 N–H and O–H groups in total. The third kappa shape index (κ3) is 7.04. The second kappa shape index (κ2) is 7.26. The molecule has 0 aliphatic heterocycles. The van der Waals surface area contributed by atoms with Crippen molar-refractivity contribution in [3.63, 3.8) is 0 Å². The van der Waals surface area contributed by atoms with Gasteiger partial charge in [-0.3, -0.25) is 4.91 Å². The van der Waals surface area contributed by atoms with Gasteiger partial charge in [-0.1, -0.05) is 0 Å². The zero-order valence-corrected chi connectivity index (χ0v) is 5.88. The van der Waals surface area contributed by atoms with E-state index in [1.165, 1.54) is 4.91 Å². The first-order valence-electron chi connectivity index (χ1n) is 2.70. The molecule has 0 atom stereocenters. The lowest BCUT2D eigenvalue weighted by atomic mass is 10.1. The molecule has 0 unspecified atom stereocenters. The summed E-state index contributed by atoms with van der Waals surface area (Å²) in [6.07, 6.45) is 0. The lowest BCUT2D eigenvalue weighted by Crippen LogP contribution is -2.50. The van der Waals surface area contributed by atoms with Gasteiger partial charge in [0.1, 0.15) is 0 Å². The number of hydrogen-bond acceptors (Lipinski definition) is 4. The van der Waals surface area contributed by atoms with E-state index in [4.69, 9.17) is 32.1 Å². The molecule has 0 aromatic rings. The Balaban J connectivity index is 0. The van der Waals surface area contributed by atoms with Crippen LogP contribution in [0, 0.1) is 0 Å². The molecule has 0 aromatic heterocycles. The van der Waals surface area contributed by atoms with Gasteiger partial charge in [-0.05, 0) is 0 Å². The van der Waals surface area contributed by atoms with Crippen LogP contribution in [0.25, 0.3) is 16.0 Å². The van der Waals surface area contributed by atoms with Crippen LogP contribution in [0.3, 0.4) is 0 Å². The van der Waals surface area contributed by atoms with Crippen molar-refractivity contribution in [3.05, 3.63) is 16.0 Å². The maximum atomic E-state index is 8.34. The Morgan fingerprint density at radius 3 is 1.27 bits per heavy atom. The molecule has 0 heterocycles. The summed E-state index contributed by atoms with van der Waals surface area (Å²) in [5.74, 6) is 0. The Labute approximate surface area is 63.5 Å². The number of nitrogens with two attached hydrogens (primary N) is 1. The molecular formula is C4H11N4O3-. The zero-order valence-electron chi connectivity index (χ0n) is 5.88. The molecule has 0 fully saturated rings. The smallest absolute Gasteiger partial charge is 0.0856 e. The highest BCUT2D eigenvalue weighted by molar-refractivity contribution is 4.80. The van der Waals surface area contributed by atoms with Crippen molar-refractivity contribution in [3.8, 4) is 0 Å². The fourth-order valence-corrected chi connectivity index (χ4v) is 0.150. The predicted octanol–water partition coefficient (Wildman–Crippen LogP) is -1.47. The van der Waals surface area contributed by atoms with Gasteiger partial charge in [0.15, 0.2) is 0 Å². The minimum Gasteiger partial charge on any atom is -0.394 e. The Morgan fingerprint density at radius 1 is 1.09 bits per heavy atom. The monoisotopic (exact) mass is 163 g/mol. The summed E-state index contributed by atoms with van der Waals surface area (Å²) in [6.45, 7) is -1.21. The fourth-order valence-electron chi connectivity index (χ4n) is 0.150. The van der Waals surface area contributed by atoms with E-state index in [0.29, 0.717) is 0 Å². The minimum atomic E-state index is -1.21. The number of hydrogen-bond donors (Lipinski definition) is 4. The molecular weight excluding hydrogens is 152 g/mol. The van der Waals surface area contributed by atoms with Gasteiger partial charge in [-0.25, -0.2) is 0 Å². The normalized spacial score (nSPS) is 9.45. The molecule has 7 heteroatoms. The molecule has 0 amide bonds. The molecule has 0 saturated carbocycles. The molecule has 0 spiro atoms.